The number of pyridine rings is 2. The van der Waals surface area contributed by atoms with Crippen LogP contribution in [-0.4, -0.2) is 32.7 Å². The van der Waals surface area contributed by atoms with Crippen LogP contribution in [0.5, 0.6) is 5.75 Å². The van der Waals surface area contributed by atoms with Gasteiger partial charge in [0.1, 0.15) is 12.4 Å². The Morgan fingerprint density at radius 3 is 2.52 bits per heavy atom. The molecule has 0 bridgehead atoms. The number of ether oxygens (including phenoxy) is 1. The van der Waals surface area contributed by atoms with E-state index in [4.69, 9.17) is 9.72 Å². The minimum atomic E-state index is -1.04. The number of nitrogens with zero attached hydrogens (tertiary/aromatic N) is 2. The van der Waals surface area contributed by atoms with Gasteiger partial charge >= 0.3 is 5.97 Å². The summed E-state index contributed by atoms with van der Waals surface area (Å²) in [4.78, 5) is 20.2. The number of hydrogen-bond donors (Lipinski definition) is 3. The molecule has 0 saturated carbocycles. The number of rotatable bonds is 11. The Morgan fingerprint density at radius 1 is 1.03 bits per heavy atom. The van der Waals surface area contributed by atoms with E-state index in [1.54, 1.807) is 0 Å². The van der Waals surface area contributed by atoms with Crippen molar-refractivity contribution in [3.8, 4) is 5.75 Å². The Balaban J connectivity index is 1.61. The predicted molar refractivity (Wildman–Crippen MR) is 117 cm³/mol. The number of carboxylic acid groups (broad SMARTS) is 1. The molecule has 0 aliphatic rings. The van der Waals surface area contributed by atoms with Crippen molar-refractivity contribution in [3.05, 3.63) is 88.5 Å². The lowest BCUT2D eigenvalue weighted by atomic mass is 10.2. The summed E-state index contributed by atoms with van der Waals surface area (Å²) >= 11 is 0. The van der Waals surface area contributed by atoms with E-state index in [9.17, 15) is 15.0 Å². The summed E-state index contributed by atoms with van der Waals surface area (Å²) in [5, 5.41) is 21.8. The molecule has 0 fully saturated rings. The van der Waals surface area contributed by atoms with Crippen molar-refractivity contribution in [2.45, 2.75) is 39.5 Å². The lowest BCUT2D eigenvalue weighted by Crippen LogP contribution is -2.19. The normalized spacial score (nSPS) is 10.8. The number of aryl methyl sites for hydroxylation is 1. The zero-order valence-electron chi connectivity index (χ0n) is 17.5. The SMILES string of the molecule is CCc1ccc(OCc2ccccc2)c(CCNCc2cc(C(=O)O)cc(CO)n2)n1. The second-order valence-corrected chi connectivity index (χ2v) is 7.10. The fraction of sp³-hybridized carbons (Fsp3) is 0.292. The molecule has 1 aromatic carbocycles. The smallest absolute Gasteiger partial charge is 0.335 e. The van der Waals surface area contributed by atoms with Gasteiger partial charge in [-0.05, 0) is 36.2 Å². The van der Waals surface area contributed by atoms with E-state index < -0.39 is 5.97 Å². The van der Waals surface area contributed by atoms with Gasteiger partial charge in [0.2, 0.25) is 0 Å². The minimum absolute atomic E-state index is 0.116. The Bertz CT molecular complexity index is 1010. The molecule has 0 unspecified atom stereocenters. The molecule has 0 aliphatic carbocycles. The van der Waals surface area contributed by atoms with Crippen molar-refractivity contribution >= 4 is 5.97 Å². The number of aromatic nitrogens is 2. The van der Waals surface area contributed by atoms with Crippen LogP contribution in [-0.2, 0) is 32.6 Å². The molecule has 7 heteroatoms. The monoisotopic (exact) mass is 421 g/mol. The summed E-state index contributed by atoms with van der Waals surface area (Å²) in [5.74, 6) is -0.282. The van der Waals surface area contributed by atoms with Gasteiger partial charge in [0.25, 0.3) is 0 Å². The largest absolute Gasteiger partial charge is 0.487 e. The molecule has 3 N–H and O–H groups in total. The summed E-state index contributed by atoms with van der Waals surface area (Å²) in [7, 11) is 0. The first-order valence-electron chi connectivity index (χ1n) is 10.3. The molecule has 0 spiro atoms. The average molecular weight is 421 g/mol. The fourth-order valence-electron chi connectivity index (χ4n) is 3.14. The van der Waals surface area contributed by atoms with Crippen molar-refractivity contribution in [3.63, 3.8) is 0 Å². The minimum Gasteiger partial charge on any atom is -0.487 e. The third-order valence-electron chi connectivity index (χ3n) is 4.77. The van der Waals surface area contributed by atoms with Gasteiger partial charge in [-0.25, -0.2) is 4.79 Å². The molecule has 7 nitrogen and oxygen atoms in total. The van der Waals surface area contributed by atoms with Crippen LogP contribution in [0.4, 0.5) is 0 Å². The highest BCUT2D eigenvalue weighted by Gasteiger charge is 2.10. The fourth-order valence-corrected chi connectivity index (χ4v) is 3.14. The van der Waals surface area contributed by atoms with E-state index >= 15 is 0 Å². The molecule has 162 valence electrons. The molecule has 2 aromatic heterocycles. The third-order valence-corrected chi connectivity index (χ3v) is 4.77. The predicted octanol–water partition coefficient (Wildman–Crippen LogP) is 3.14. The van der Waals surface area contributed by atoms with Gasteiger partial charge in [-0.15, -0.1) is 0 Å². The van der Waals surface area contributed by atoms with Crippen LogP contribution >= 0.6 is 0 Å². The Morgan fingerprint density at radius 2 is 1.81 bits per heavy atom. The molecule has 2 heterocycles. The lowest BCUT2D eigenvalue weighted by Gasteiger charge is -2.13. The zero-order valence-corrected chi connectivity index (χ0v) is 17.5. The molecular weight excluding hydrogens is 394 g/mol. The zero-order chi connectivity index (χ0) is 22.1. The number of hydrogen-bond acceptors (Lipinski definition) is 6. The number of aliphatic hydroxyl groups excluding tert-OH is 1. The molecule has 3 rings (SSSR count). The highest BCUT2D eigenvalue weighted by molar-refractivity contribution is 5.87. The van der Waals surface area contributed by atoms with Crippen LogP contribution in [0.2, 0.25) is 0 Å². The van der Waals surface area contributed by atoms with Gasteiger partial charge in [0.05, 0.1) is 29.3 Å². The summed E-state index contributed by atoms with van der Waals surface area (Å²) in [6.07, 6.45) is 1.50. The molecule has 0 atom stereocenters. The lowest BCUT2D eigenvalue weighted by molar-refractivity contribution is 0.0696. The van der Waals surface area contributed by atoms with Gasteiger partial charge in [-0.1, -0.05) is 37.3 Å². The maximum atomic E-state index is 11.2. The number of nitrogens with one attached hydrogen (secondary N) is 1. The highest BCUT2D eigenvalue weighted by atomic mass is 16.5. The van der Waals surface area contributed by atoms with Crippen LogP contribution in [0, 0.1) is 0 Å². The van der Waals surface area contributed by atoms with Crippen LogP contribution < -0.4 is 10.1 Å². The molecule has 31 heavy (non-hydrogen) atoms. The molecule has 0 radical (unpaired) electrons. The second kappa shape index (κ2) is 11.2. The van der Waals surface area contributed by atoms with Gasteiger partial charge in [0, 0.05) is 25.2 Å². The van der Waals surface area contributed by atoms with Crippen LogP contribution in [0.3, 0.4) is 0 Å². The first kappa shape index (κ1) is 22.4. The quantitative estimate of drug-likeness (QED) is 0.409. The summed E-state index contributed by atoms with van der Waals surface area (Å²) < 4.78 is 6.01. The Labute approximate surface area is 181 Å². The molecule has 0 amide bonds. The van der Waals surface area contributed by atoms with Crippen LogP contribution in [0.25, 0.3) is 0 Å². The van der Waals surface area contributed by atoms with Crippen molar-refractivity contribution in [2.75, 3.05) is 6.54 Å². The van der Waals surface area contributed by atoms with Crippen LogP contribution in [0.1, 0.15) is 45.6 Å². The van der Waals surface area contributed by atoms with Crippen molar-refractivity contribution in [2.24, 2.45) is 0 Å². The van der Waals surface area contributed by atoms with Crippen molar-refractivity contribution < 1.29 is 19.7 Å². The maximum Gasteiger partial charge on any atom is 0.335 e. The number of carboxylic acids is 1. The van der Waals surface area contributed by atoms with E-state index in [2.05, 4.69) is 17.2 Å². The number of carbonyl (C=O) groups is 1. The summed E-state index contributed by atoms with van der Waals surface area (Å²) in [5.41, 5.74) is 4.00. The first-order valence-corrected chi connectivity index (χ1v) is 10.3. The van der Waals surface area contributed by atoms with E-state index in [0.29, 0.717) is 37.5 Å². The topological polar surface area (TPSA) is 105 Å². The van der Waals surface area contributed by atoms with Gasteiger partial charge < -0.3 is 20.3 Å². The summed E-state index contributed by atoms with van der Waals surface area (Å²) in [6.45, 7) is 3.25. The standard InChI is InChI=1S/C24H27N3O4/c1-2-19-8-9-23(31-16-17-6-4-3-5-7-17)22(27-19)10-11-25-14-20-12-18(24(29)30)13-21(15-28)26-20/h3-9,12-13,25,28H,2,10-11,14-16H2,1H3,(H,29,30). The molecule has 3 aromatic rings. The van der Waals surface area contributed by atoms with E-state index in [-0.39, 0.29) is 12.2 Å². The van der Waals surface area contributed by atoms with E-state index in [1.807, 2.05) is 42.5 Å². The second-order valence-electron chi connectivity index (χ2n) is 7.10. The molecule has 0 aliphatic heterocycles. The number of benzene rings is 1. The third kappa shape index (κ3) is 6.60. The number of aliphatic hydroxyl groups is 1. The summed E-state index contributed by atoms with van der Waals surface area (Å²) in [6, 6.07) is 16.8. The maximum absolute atomic E-state index is 11.2. The number of aromatic carboxylic acids is 1. The van der Waals surface area contributed by atoms with E-state index in [1.165, 1.54) is 12.1 Å². The Hall–Kier alpha value is -3.29. The van der Waals surface area contributed by atoms with Crippen LogP contribution in [0.15, 0.2) is 54.6 Å². The molecular formula is C24H27N3O4. The van der Waals surface area contributed by atoms with Crippen molar-refractivity contribution in [1.29, 1.82) is 0 Å². The van der Waals surface area contributed by atoms with Crippen molar-refractivity contribution in [1.82, 2.24) is 15.3 Å². The average Bonchev–Trinajstić information content (AvgIpc) is 2.81. The van der Waals surface area contributed by atoms with Gasteiger partial charge in [-0.3, -0.25) is 9.97 Å². The molecule has 0 saturated heterocycles. The van der Waals surface area contributed by atoms with Gasteiger partial charge in [-0.2, -0.15) is 0 Å². The highest BCUT2D eigenvalue weighted by Crippen LogP contribution is 2.19. The van der Waals surface area contributed by atoms with Gasteiger partial charge in [0.15, 0.2) is 0 Å². The first-order chi connectivity index (χ1) is 15.1. The van der Waals surface area contributed by atoms with E-state index in [0.717, 1.165) is 29.1 Å². The Kier molecular flexibility index (Phi) is 8.09.